The first-order valence-electron chi connectivity index (χ1n) is 7.49. The van der Waals surface area contributed by atoms with E-state index in [1.54, 1.807) is 30.2 Å². The van der Waals surface area contributed by atoms with Crippen LogP contribution in [-0.2, 0) is 33.3 Å². The van der Waals surface area contributed by atoms with Gasteiger partial charge in [-0.15, -0.1) is 11.3 Å². The summed E-state index contributed by atoms with van der Waals surface area (Å²) in [5.74, 6) is 0. The maximum Gasteiger partial charge on any atom is 0.216 e. The van der Waals surface area contributed by atoms with Crippen molar-refractivity contribution in [3.05, 3.63) is 47.6 Å². The molecule has 26 heavy (non-hydrogen) atoms. The van der Waals surface area contributed by atoms with Crippen LogP contribution in [0.2, 0.25) is 0 Å². The van der Waals surface area contributed by atoms with Crippen molar-refractivity contribution in [2.45, 2.75) is 20.5 Å². The van der Waals surface area contributed by atoms with Gasteiger partial charge in [0.2, 0.25) is 9.84 Å². The van der Waals surface area contributed by atoms with E-state index >= 15 is 0 Å². The van der Waals surface area contributed by atoms with Crippen LogP contribution in [-0.4, -0.2) is 32.9 Å². The van der Waals surface area contributed by atoms with E-state index < -0.39 is 19.7 Å². The van der Waals surface area contributed by atoms with Gasteiger partial charge in [0.1, 0.15) is 4.21 Å². The molecule has 0 atom stereocenters. The third kappa shape index (κ3) is 3.58. The minimum Gasteiger partial charge on any atom is -0.326 e. The molecule has 0 aliphatic rings. The van der Waals surface area contributed by atoms with Crippen molar-refractivity contribution in [3.8, 4) is 11.1 Å². The lowest BCUT2D eigenvalue weighted by Gasteiger charge is -2.08. The summed E-state index contributed by atoms with van der Waals surface area (Å²) in [5.41, 5.74) is 6.65. The van der Waals surface area contributed by atoms with Crippen molar-refractivity contribution < 1.29 is 16.8 Å². The van der Waals surface area contributed by atoms with Crippen molar-refractivity contribution in [2.75, 3.05) is 6.26 Å². The SMILES string of the molecule is Cn1cc(-c2cc(S(C)(=O)=O)cc(S(=O)(=O)c3ccc(CN)s3)c2)cn1. The molecular formula is C16H17N3O4S3. The Balaban J connectivity index is 2.23. The van der Waals surface area contributed by atoms with E-state index in [2.05, 4.69) is 5.10 Å². The third-order valence-electron chi connectivity index (χ3n) is 3.76. The first kappa shape index (κ1) is 18.8. The molecule has 2 heterocycles. The molecule has 1 aromatic carbocycles. The second kappa shape index (κ2) is 6.62. The number of sulfone groups is 2. The van der Waals surface area contributed by atoms with Gasteiger partial charge < -0.3 is 5.73 Å². The highest BCUT2D eigenvalue weighted by Crippen LogP contribution is 2.32. The number of aryl methyl sites for hydroxylation is 1. The summed E-state index contributed by atoms with van der Waals surface area (Å²) in [5, 5.41) is 4.06. The Labute approximate surface area is 155 Å². The molecule has 138 valence electrons. The molecule has 10 heteroatoms. The number of nitrogens with zero attached hydrogens (tertiary/aromatic N) is 2. The van der Waals surface area contributed by atoms with E-state index in [1.807, 2.05) is 0 Å². The van der Waals surface area contributed by atoms with Crippen LogP contribution in [0.25, 0.3) is 11.1 Å². The van der Waals surface area contributed by atoms with Gasteiger partial charge in [-0.1, -0.05) is 0 Å². The summed E-state index contributed by atoms with van der Waals surface area (Å²) in [6, 6.07) is 7.24. The van der Waals surface area contributed by atoms with Gasteiger partial charge in [0.05, 0.1) is 16.0 Å². The zero-order chi connectivity index (χ0) is 19.1. The molecule has 0 aliphatic carbocycles. The second-order valence-electron chi connectivity index (χ2n) is 5.80. The Kier molecular flexibility index (Phi) is 4.78. The first-order chi connectivity index (χ1) is 12.1. The fraction of sp³-hybridized carbons (Fsp3) is 0.188. The lowest BCUT2D eigenvalue weighted by atomic mass is 10.1. The summed E-state index contributed by atoms with van der Waals surface area (Å²) in [7, 11) is -5.74. The number of thiophene rings is 1. The molecule has 0 amide bonds. The molecule has 0 fully saturated rings. The zero-order valence-electron chi connectivity index (χ0n) is 14.1. The van der Waals surface area contributed by atoms with E-state index in [-0.39, 0.29) is 20.5 Å². The number of hydrogen-bond donors (Lipinski definition) is 1. The van der Waals surface area contributed by atoms with Crippen LogP contribution in [0.15, 0.2) is 56.7 Å². The van der Waals surface area contributed by atoms with Crippen LogP contribution >= 0.6 is 11.3 Å². The number of nitrogens with two attached hydrogens (primary N) is 1. The van der Waals surface area contributed by atoms with Crippen LogP contribution in [0.5, 0.6) is 0 Å². The summed E-state index contributed by atoms with van der Waals surface area (Å²) in [6.45, 7) is 0.241. The van der Waals surface area contributed by atoms with E-state index in [0.29, 0.717) is 11.1 Å². The van der Waals surface area contributed by atoms with E-state index in [4.69, 9.17) is 5.73 Å². The molecule has 3 aromatic rings. The van der Waals surface area contributed by atoms with Crippen LogP contribution < -0.4 is 5.73 Å². The van der Waals surface area contributed by atoms with Gasteiger partial charge in [0.15, 0.2) is 9.84 Å². The van der Waals surface area contributed by atoms with Crippen molar-refractivity contribution in [2.24, 2.45) is 12.8 Å². The van der Waals surface area contributed by atoms with Crippen LogP contribution in [0, 0.1) is 0 Å². The minimum absolute atomic E-state index is 0.0620. The lowest BCUT2D eigenvalue weighted by Crippen LogP contribution is -2.04. The highest BCUT2D eigenvalue weighted by Gasteiger charge is 2.23. The molecule has 2 N–H and O–H groups in total. The first-order valence-corrected chi connectivity index (χ1v) is 11.7. The topological polar surface area (TPSA) is 112 Å². The Bertz CT molecular complexity index is 1180. The van der Waals surface area contributed by atoms with Gasteiger partial charge >= 0.3 is 0 Å². The minimum atomic E-state index is -3.86. The summed E-state index contributed by atoms with van der Waals surface area (Å²) in [4.78, 5) is 0.591. The molecule has 0 saturated carbocycles. The number of hydrogen-bond acceptors (Lipinski definition) is 7. The number of aromatic nitrogens is 2. The quantitative estimate of drug-likeness (QED) is 0.686. The van der Waals surface area contributed by atoms with Gasteiger partial charge in [-0.2, -0.15) is 5.10 Å². The van der Waals surface area contributed by atoms with E-state index in [9.17, 15) is 16.8 Å². The van der Waals surface area contributed by atoms with Gasteiger partial charge in [0, 0.05) is 36.5 Å². The fourth-order valence-corrected chi connectivity index (χ4v) is 5.87. The Morgan fingerprint density at radius 1 is 1.08 bits per heavy atom. The van der Waals surface area contributed by atoms with E-state index in [1.165, 1.54) is 24.3 Å². The molecule has 0 spiro atoms. The Morgan fingerprint density at radius 3 is 2.31 bits per heavy atom. The molecule has 7 nitrogen and oxygen atoms in total. The van der Waals surface area contributed by atoms with E-state index in [0.717, 1.165) is 22.5 Å². The van der Waals surface area contributed by atoms with Crippen molar-refractivity contribution in [1.82, 2.24) is 9.78 Å². The second-order valence-corrected chi connectivity index (χ2v) is 11.2. The van der Waals surface area contributed by atoms with Gasteiger partial charge in [0.25, 0.3) is 0 Å². The molecule has 0 radical (unpaired) electrons. The number of benzene rings is 1. The van der Waals surface area contributed by atoms with Crippen LogP contribution in [0.4, 0.5) is 0 Å². The fourth-order valence-electron chi connectivity index (χ4n) is 2.41. The molecule has 0 bridgehead atoms. The lowest BCUT2D eigenvalue weighted by molar-refractivity contribution is 0.597. The summed E-state index contributed by atoms with van der Waals surface area (Å²) < 4.78 is 51.8. The van der Waals surface area contributed by atoms with Crippen molar-refractivity contribution >= 4 is 31.0 Å². The van der Waals surface area contributed by atoms with Gasteiger partial charge in [-0.05, 0) is 35.9 Å². The average molecular weight is 412 g/mol. The molecule has 3 rings (SSSR count). The smallest absolute Gasteiger partial charge is 0.216 e. The molecular weight excluding hydrogens is 394 g/mol. The monoisotopic (exact) mass is 411 g/mol. The maximum atomic E-state index is 13.0. The molecule has 2 aromatic heterocycles. The summed E-state index contributed by atoms with van der Waals surface area (Å²) in [6.07, 6.45) is 4.29. The number of rotatable bonds is 5. The Morgan fingerprint density at radius 2 is 1.77 bits per heavy atom. The highest BCUT2D eigenvalue weighted by atomic mass is 32.2. The van der Waals surface area contributed by atoms with Gasteiger partial charge in [-0.3, -0.25) is 4.68 Å². The zero-order valence-corrected chi connectivity index (χ0v) is 16.5. The predicted molar refractivity (Wildman–Crippen MR) is 99.4 cm³/mol. The Hall–Kier alpha value is -2.01. The predicted octanol–water partition coefficient (Wildman–Crippen LogP) is 1.84. The average Bonchev–Trinajstić information content (AvgIpc) is 3.22. The molecule has 0 aliphatic heterocycles. The van der Waals surface area contributed by atoms with Crippen LogP contribution in [0.3, 0.4) is 0 Å². The maximum absolute atomic E-state index is 13.0. The van der Waals surface area contributed by atoms with Crippen LogP contribution in [0.1, 0.15) is 4.88 Å². The van der Waals surface area contributed by atoms with Crippen molar-refractivity contribution in [3.63, 3.8) is 0 Å². The highest BCUT2D eigenvalue weighted by molar-refractivity contribution is 7.93. The van der Waals surface area contributed by atoms with Gasteiger partial charge in [-0.25, -0.2) is 16.8 Å². The molecule has 0 unspecified atom stereocenters. The normalized spacial score (nSPS) is 12.4. The molecule has 0 saturated heterocycles. The largest absolute Gasteiger partial charge is 0.326 e. The standard InChI is InChI=1S/C16H17N3O4S3/c1-19-10-12(9-18-19)11-5-14(25(2,20)21)7-15(6-11)26(22,23)16-4-3-13(8-17)24-16/h3-7,9-10H,8,17H2,1-2H3. The third-order valence-corrected chi connectivity index (χ3v) is 8.18. The summed E-state index contributed by atoms with van der Waals surface area (Å²) >= 11 is 1.07. The van der Waals surface area contributed by atoms with Crippen molar-refractivity contribution in [1.29, 1.82) is 0 Å².